The highest BCUT2D eigenvalue weighted by molar-refractivity contribution is 7.10. The van der Waals surface area contributed by atoms with E-state index in [0.717, 1.165) is 4.88 Å². The minimum atomic E-state index is -0.743. The third-order valence-corrected chi connectivity index (χ3v) is 3.38. The molecule has 2 nitrogen and oxygen atoms in total. The van der Waals surface area contributed by atoms with Gasteiger partial charge in [-0.3, -0.25) is 4.79 Å². The molecule has 66 valence electrons. The Kier molecular flexibility index (Phi) is 2.52. The molecular formula is C9H12O2S. The lowest BCUT2D eigenvalue weighted by atomic mass is 9.86. The van der Waals surface area contributed by atoms with Crippen LogP contribution in [-0.2, 0) is 10.2 Å². The van der Waals surface area contributed by atoms with Crippen LogP contribution in [0.3, 0.4) is 0 Å². The summed E-state index contributed by atoms with van der Waals surface area (Å²) in [5.41, 5.74) is -0.700. The smallest absolute Gasteiger partial charge is 0.314 e. The molecule has 0 unspecified atom stereocenters. The second kappa shape index (κ2) is 3.27. The zero-order valence-electron chi connectivity index (χ0n) is 7.20. The SMILES string of the molecule is CC[C@](C)(C(=O)O)c1cccs1. The van der Waals surface area contributed by atoms with E-state index in [9.17, 15) is 4.79 Å². The second-order valence-electron chi connectivity index (χ2n) is 2.97. The molecule has 0 aliphatic rings. The summed E-state index contributed by atoms with van der Waals surface area (Å²) in [4.78, 5) is 11.9. The zero-order chi connectivity index (χ0) is 9.19. The van der Waals surface area contributed by atoms with Crippen LogP contribution in [0.15, 0.2) is 17.5 Å². The Morgan fingerprint density at radius 2 is 2.42 bits per heavy atom. The molecule has 1 N–H and O–H groups in total. The van der Waals surface area contributed by atoms with E-state index in [-0.39, 0.29) is 0 Å². The average molecular weight is 184 g/mol. The fourth-order valence-electron chi connectivity index (χ4n) is 1.02. The van der Waals surface area contributed by atoms with Gasteiger partial charge < -0.3 is 5.11 Å². The maximum atomic E-state index is 11.0. The first kappa shape index (κ1) is 9.26. The number of carboxylic acids is 1. The first-order chi connectivity index (χ1) is 5.61. The van der Waals surface area contributed by atoms with Gasteiger partial charge in [0.1, 0.15) is 0 Å². The first-order valence-corrected chi connectivity index (χ1v) is 4.76. The summed E-state index contributed by atoms with van der Waals surface area (Å²) in [5.74, 6) is -0.743. The number of rotatable bonds is 3. The van der Waals surface area contributed by atoms with E-state index in [4.69, 9.17) is 5.11 Å². The Bertz CT molecular complexity index is 266. The quantitative estimate of drug-likeness (QED) is 0.783. The molecule has 0 saturated carbocycles. The molecule has 3 heteroatoms. The highest BCUT2D eigenvalue weighted by Gasteiger charge is 2.33. The van der Waals surface area contributed by atoms with E-state index in [1.54, 1.807) is 6.92 Å². The van der Waals surface area contributed by atoms with E-state index >= 15 is 0 Å². The lowest BCUT2D eigenvalue weighted by molar-refractivity contribution is -0.143. The number of hydrogen-bond acceptors (Lipinski definition) is 2. The Morgan fingerprint density at radius 1 is 1.75 bits per heavy atom. The molecule has 1 atom stereocenters. The van der Waals surface area contributed by atoms with Crippen LogP contribution in [0.5, 0.6) is 0 Å². The van der Waals surface area contributed by atoms with Gasteiger partial charge in [0.25, 0.3) is 0 Å². The predicted molar refractivity (Wildman–Crippen MR) is 49.6 cm³/mol. The van der Waals surface area contributed by atoms with Crippen molar-refractivity contribution < 1.29 is 9.90 Å². The van der Waals surface area contributed by atoms with Crippen molar-refractivity contribution in [3.63, 3.8) is 0 Å². The summed E-state index contributed by atoms with van der Waals surface area (Å²) in [6.45, 7) is 3.66. The standard InChI is InChI=1S/C9H12O2S/c1-3-9(2,8(10)11)7-5-4-6-12-7/h4-6H,3H2,1-2H3,(H,10,11)/t9-/m0/s1. The predicted octanol–water partition coefficient (Wildman–Crippen LogP) is 2.50. The number of aliphatic carboxylic acids is 1. The van der Waals surface area contributed by atoms with Crippen LogP contribution >= 0.6 is 11.3 Å². The van der Waals surface area contributed by atoms with Gasteiger partial charge in [-0.1, -0.05) is 13.0 Å². The molecule has 1 heterocycles. The van der Waals surface area contributed by atoms with Gasteiger partial charge in [0, 0.05) is 4.88 Å². The Morgan fingerprint density at radius 3 is 2.75 bits per heavy atom. The van der Waals surface area contributed by atoms with Gasteiger partial charge in [0.15, 0.2) is 0 Å². The number of hydrogen-bond donors (Lipinski definition) is 1. The van der Waals surface area contributed by atoms with E-state index in [1.807, 2.05) is 24.4 Å². The second-order valence-corrected chi connectivity index (χ2v) is 3.92. The third-order valence-electron chi connectivity index (χ3n) is 2.24. The van der Waals surface area contributed by atoms with Gasteiger partial charge in [0.05, 0.1) is 5.41 Å². The number of thiophene rings is 1. The maximum Gasteiger partial charge on any atom is 0.314 e. The minimum absolute atomic E-state index is 0.628. The Labute approximate surface area is 75.9 Å². The van der Waals surface area contributed by atoms with Crippen molar-refractivity contribution in [1.82, 2.24) is 0 Å². The van der Waals surface area contributed by atoms with Crippen molar-refractivity contribution in [2.45, 2.75) is 25.7 Å². The average Bonchev–Trinajstić information content (AvgIpc) is 2.54. The molecule has 0 bridgehead atoms. The Hall–Kier alpha value is -0.830. The molecule has 0 aliphatic carbocycles. The normalized spacial score (nSPS) is 15.5. The van der Waals surface area contributed by atoms with Crippen molar-refractivity contribution in [3.05, 3.63) is 22.4 Å². The molecule has 1 aromatic heterocycles. The van der Waals surface area contributed by atoms with Gasteiger partial charge in [-0.05, 0) is 24.8 Å². The van der Waals surface area contributed by atoms with E-state index in [2.05, 4.69) is 0 Å². The molecule has 0 amide bonds. The lowest BCUT2D eigenvalue weighted by Gasteiger charge is -2.20. The van der Waals surface area contributed by atoms with Crippen LogP contribution in [0.1, 0.15) is 25.1 Å². The summed E-state index contributed by atoms with van der Waals surface area (Å²) in [6.07, 6.45) is 0.628. The third kappa shape index (κ3) is 1.37. The van der Waals surface area contributed by atoms with Crippen molar-refractivity contribution in [3.8, 4) is 0 Å². The van der Waals surface area contributed by atoms with E-state index < -0.39 is 11.4 Å². The molecule has 0 radical (unpaired) electrons. The largest absolute Gasteiger partial charge is 0.481 e. The van der Waals surface area contributed by atoms with Crippen LogP contribution < -0.4 is 0 Å². The van der Waals surface area contributed by atoms with Gasteiger partial charge in [-0.25, -0.2) is 0 Å². The van der Waals surface area contributed by atoms with Gasteiger partial charge in [0.2, 0.25) is 0 Å². The molecule has 0 spiro atoms. The fraction of sp³-hybridized carbons (Fsp3) is 0.444. The van der Waals surface area contributed by atoms with Gasteiger partial charge in [-0.2, -0.15) is 0 Å². The molecule has 0 aliphatic heterocycles. The number of carboxylic acid groups (broad SMARTS) is 1. The Balaban J connectivity index is 3.04. The molecule has 1 rings (SSSR count). The van der Waals surface area contributed by atoms with Crippen molar-refractivity contribution in [2.24, 2.45) is 0 Å². The summed E-state index contributed by atoms with van der Waals surface area (Å²) in [7, 11) is 0. The molecule has 12 heavy (non-hydrogen) atoms. The first-order valence-electron chi connectivity index (χ1n) is 3.88. The topological polar surface area (TPSA) is 37.3 Å². The summed E-state index contributed by atoms with van der Waals surface area (Å²) in [5, 5.41) is 10.9. The molecule has 0 aromatic carbocycles. The van der Waals surface area contributed by atoms with Gasteiger partial charge in [-0.15, -0.1) is 11.3 Å². The van der Waals surface area contributed by atoms with E-state index in [0.29, 0.717) is 6.42 Å². The fourth-order valence-corrected chi connectivity index (χ4v) is 1.98. The monoisotopic (exact) mass is 184 g/mol. The zero-order valence-corrected chi connectivity index (χ0v) is 8.02. The van der Waals surface area contributed by atoms with Crippen molar-refractivity contribution >= 4 is 17.3 Å². The van der Waals surface area contributed by atoms with Crippen LogP contribution in [0.2, 0.25) is 0 Å². The number of carbonyl (C=O) groups is 1. The highest BCUT2D eigenvalue weighted by Crippen LogP contribution is 2.31. The molecule has 0 fully saturated rings. The lowest BCUT2D eigenvalue weighted by Crippen LogP contribution is -2.30. The van der Waals surface area contributed by atoms with Gasteiger partial charge >= 0.3 is 5.97 Å². The molecule has 0 saturated heterocycles. The van der Waals surface area contributed by atoms with Crippen LogP contribution in [-0.4, -0.2) is 11.1 Å². The van der Waals surface area contributed by atoms with Crippen molar-refractivity contribution in [1.29, 1.82) is 0 Å². The van der Waals surface area contributed by atoms with Crippen LogP contribution in [0.4, 0.5) is 0 Å². The minimum Gasteiger partial charge on any atom is -0.481 e. The summed E-state index contributed by atoms with van der Waals surface area (Å²) in [6, 6.07) is 3.76. The maximum absolute atomic E-state index is 11.0. The summed E-state index contributed by atoms with van der Waals surface area (Å²) < 4.78 is 0. The van der Waals surface area contributed by atoms with Crippen LogP contribution in [0, 0.1) is 0 Å². The van der Waals surface area contributed by atoms with Crippen LogP contribution in [0.25, 0.3) is 0 Å². The van der Waals surface area contributed by atoms with E-state index in [1.165, 1.54) is 11.3 Å². The molecular weight excluding hydrogens is 172 g/mol. The summed E-state index contributed by atoms with van der Waals surface area (Å²) >= 11 is 1.50. The molecule has 1 aromatic rings. The van der Waals surface area contributed by atoms with Crippen molar-refractivity contribution in [2.75, 3.05) is 0 Å². The highest BCUT2D eigenvalue weighted by atomic mass is 32.1.